The summed E-state index contributed by atoms with van der Waals surface area (Å²) in [6.45, 7) is 8.98. The summed E-state index contributed by atoms with van der Waals surface area (Å²) < 4.78 is 7.86. The largest absolute Gasteiger partial charge is 0.376 e. The molecule has 18 heavy (non-hydrogen) atoms. The lowest BCUT2D eigenvalue weighted by molar-refractivity contribution is 0.0585. The molecule has 2 heterocycles. The lowest BCUT2D eigenvalue weighted by Crippen LogP contribution is -2.36. The predicted molar refractivity (Wildman–Crippen MR) is 72.8 cm³/mol. The summed E-state index contributed by atoms with van der Waals surface area (Å²) in [5.74, 6) is 0.547. The zero-order chi connectivity index (χ0) is 13.1. The summed E-state index contributed by atoms with van der Waals surface area (Å²) in [4.78, 5) is 0. The van der Waals surface area contributed by atoms with Crippen molar-refractivity contribution < 1.29 is 4.74 Å². The fraction of sp³-hybridized carbons (Fsp3) is 0.769. The van der Waals surface area contributed by atoms with E-state index in [1.807, 2.05) is 4.68 Å². The first kappa shape index (κ1) is 13.8. The average Bonchev–Trinajstić information content (AvgIpc) is 2.93. The fourth-order valence-electron chi connectivity index (χ4n) is 2.66. The molecule has 3 unspecified atom stereocenters. The monoisotopic (exact) mass is 271 g/mol. The van der Waals surface area contributed by atoms with Gasteiger partial charge in [0, 0.05) is 13.2 Å². The van der Waals surface area contributed by atoms with Crippen LogP contribution in [-0.4, -0.2) is 29.0 Å². The molecular weight excluding hydrogens is 250 g/mol. The molecule has 0 bridgehead atoms. The Morgan fingerprint density at radius 2 is 2.39 bits per heavy atom. The minimum atomic E-state index is 0.127. The first-order valence-corrected chi connectivity index (χ1v) is 7.13. The van der Waals surface area contributed by atoms with Crippen molar-refractivity contribution in [1.29, 1.82) is 0 Å². The van der Waals surface area contributed by atoms with Gasteiger partial charge in [0.15, 0.2) is 0 Å². The second-order valence-electron chi connectivity index (χ2n) is 4.83. The molecule has 1 saturated heterocycles. The molecule has 1 aromatic heterocycles. The second-order valence-corrected chi connectivity index (χ2v) is 5.24. The van der Waals surface area contributed by atoms with Gasteiger partial charge in [-0.3, -0.25) is 4.68 Å². The van der Waals surface area contributed by atoms with E-state index in [0.29, 0.717) is 5.92 Å². The first-order valence-electron chi connectivity index (χ1n) is 6.75. The van der Waals surface area contributed by atoms with Crippen LogP contribution in [0, 0.1) is 5.92 Å². The maximum atomic E-state index is 6.30. The Kier molecular flexibility index (Phi) is 4.65. The summed E-state index contributed by atoms with van der Waals surface area (Å²) in [7, 11) is 0. The van der Waals surface area contributed by atoms with Crippen molar-refractivity contribution in [2.45, 2.75) is 45.9 Å². The molecule has 1 N–H and O–H groups in total. The van der Waals surface area contributed by atoms with Crippen LogP contribution in [0.5, 0.6) is 0 Å². The molecule has 5 heteroatoms. The Morgan fingerprint density at radius 1 is 1.61 bits per heavy atom. The Bertz CT molecular complexity index is 394. The number of likely N-dealkylation sites (N-methyl/N-ethyl adjacent to an activating group) is 1. The van der Waals surface area contributed by atoms with Crippen LogP contribution in [0.3, 0.4) is 0 Å². The van der Waals surface area contributed by atoms with E-state index < -0.39 is 0 Å². The highest BCUT2D eigenvalue weighted by molar-refractivity contribution is 6.31. The maximum absolute atomic E-state index is 6.30. The number of aromatic nitrogens is 2. The van der Waals surface area contributed by atoms with Crippen LogP contribution in [0.1, 0.15) is 38.9 Å². The van der Waals surface area contributed by atoms with Gasteiger partial charge in [-0.1, -0.05) is 25.4 Å². The minimum Gasteiger partial charge on any atom is -0.376 e. The van der Waals surface area contributed by atoms with Crippen molar-refractivity contribution in [3.8, 4) is 0 Å². The van der Waals surface area contributed by atoms with Gasteiger partial charge >= 0.3 is 0 Å². The molecule has 0 aromatic carbocycles. The molecule has 0 radical (unpaired) electrons. The van der Waals surface area contributed by atoms with Gasteiger partial charge in [-0.15, -0.1) is 0 Å². The van der Waals surface area contributed by atoms with Crippen molar-refractivity contribution in [1.82, 2.24) is 15.1 Å². The van der Waals surface area contributed by atoms with Crippen molar-refractivity contribution in [2.75, 3.05) is 13.2 Å². The number of hydrogen-bond acceptors (Lipinski definition) is 3. The molecule has 4 nitrogen and oxygen atoms in total. The Balaban J connectivity index is 2.31. The topological polar surface area (TPSA) is 39.1 Å². The molecule has 3 atom stereocenters. The van der Waals surface area contributed by atoms with Gasteiger partial charge in [-0.25, -0.2) is 0 Å². The Labute approximate surface area is 114 Å². The lowest BCUT2D eigenvalue weighted by Gasteiger charge is -2.27. The smallest absolute Gasteiger partial charge is 0.0835 e. The van der Waals surface area contributed by atoms with Crippen molar-refractivity contribution >= 4 is 11.6 Å². The Morgan fingerprint density at radius 3 is 2.94 bits per heavy atom. The molecule has 0 saturated carbocycles. The van der Waals surface area contributed by atoms with Crippen molar-refractivity contribution in [3.63, 3.8) is 0 Å². The van der Waals surface area contributed by atoms with E-state index in [2.05, 4.69) is 31.2 Å². The number of rotatable bonds is 5. The molecule has 1 aromatic rings. The van der Waals surface area contributed by atoms with Gasteiger partial charge in [-0.05, 0) is 25.8 Å². The molecule has 0 aliphatic carbocycles. The number of nitrogens with one attached hydrogen (secondary N) is 1. The molecular formula is C13H22ClN3O. The zero-order valence-electron chi connectivity index (χ0n) is 11.3. The fourth-order valence-corrected chi connectivity index (χ4v) is 2.92. The van der Waals surface area contributed by atoms with Gasteiger partial charge in [-0.2, -0.15) is 5.10 Å². The second kappa shape index (κ2) is 6.04. The molecule has 0 spiro atoms. The van der Waals surface area contributed by atoms with Crippen molar-refractivity contribution in [3.05, 3.63) is 16.9 Å². The maximum Gasteiger partial charge on any atom is 0.0835 e. The van der Waals surface area contributed by atoms with E-state index in [4.69, 9.17) is 16.3 Å². The number of aryl methyl sites for hydroxylation is 1. The van der Waals surface area contributed by atoms with Gasteiger partial charge in [0.25, 0.3) is 0 Å². The van der Waals surface area contributed by atoms with Crippen LogP contribution in [0.25, 0.3) is 0 Å². The normalized spacial score (nSPS) is 25.6. The third-order valence-electron chi connectivity index (χ3n) is 3.62. The van der Waals surface area contributed by atoms with Crippen LogP contribution < -0.4 is 5.32 Å². The van der Waals surface area contributed by atoms with Crippen LogP contribution in [-0.2, 0) is 11.3 Å². The van der Waals surface area contributed by atoms with Crippen LogP contribution in [0.4, 0.5) is 0 Å². The molecule has 2 rings (SSSR count). The molecule has 1 aliphatic rings. The number of halogens is 1. The van der Waals surface area contributed by atoms with E-state index in [0.717, 1.165) is 36.8 Å². The van der Waals surface area contributed by atoms with E-state index in [1.54, 1.807) is 6.20 Å². The predicted octanol–water partition coefficient (Wildman–Crippen LogP) is 2.63. The summed E-state index contributed by atoms with van der Waals surface area (Å²) in [6.07, 6.45) is 3.03. The quantitative estimate of drug-likeness (QED) is 0.895. The zero-order valence-corrected chi connectivity index (χ0v) is 12.1. The van der Waals surface area contributed by atoms with Gasteiger partial charge in [0.05, 0.1) is 29.1 Å². The molecule has 0 amide bonds. The number of hydrogen-bond donors (Lipinski definition) is 1. The van der Waals surface area contributed by atoms with Gasteiger partial charge < -0.3 is 10.1 Å². The first-order chi connectivity index (χ1) is 8.69. The SMILES string of the molecule is CCNC(c1c(Cl)cnn1CC)C1OCCC1C. The van der Waals surface area contributed by atoms with Crippen LogP contribution in [0.2, 0.25) is 5.02 Å². The standard InChI is InChI=1S/C13H22ClN3O/c1-4-15-11(13-9(3)6-7-18-13)12-10(14)8-16-17(12)5-2/h8-9,11,13,15H,4-7H2,1-3H3. The summed E-state index contributed by atoms with van der Waals surface area (Å²) >= 11 is 6.30. The summed E-state index contributed by atoms with van der Waals surface area (Å²) in [6, 6.07) is 0.127. The average molecular weight is 272 g/mol. The molecule has 102 valence electrons. The van der Waals surface area contributed by atoms with E-state index >= 15 is 0 Å². The van der Waals surface area contributed by atoms with E-state index in [1.165, 1.54) is 0 Å². The van der Waals surface area contributed by atoms with Gasteiger partial charge in [0.2, 0.25) is 0 Å². The van der Waals surface area contributed by atoms with Crippen LogP contribution >= 0.6 is 11.6 Å². The van der Waals surface area contributed by atoms with Crippen molar-refractivity contribution in [2.24, 2.45) is 5.92 Å². The summed E-state index contributed by atoms with van der Waals surface area (Å²) in [5, 5.41) is 8.55. The van der Waals surface area contributed by atoms with Gasteiger partial charge in [0.1, 0.15) is 0 Å². The Hall–Kier alpha value is -0.580. The highest BCUT2D eigenvalue weighted by Gasteiger charge is 2.35. The third-order valence-corrected chi connectivity index (χ3v) is 3.92. The number of ether oxygens (including phenoxy) is 1. The molecule has 1 fully saturated rings. The third kappa shape index (κ3) is 2.56. The minimum absolute atomic E-state index is 0.127. The van der Waals surface area contributed by atoms with E-state index in [-0.39, 0.29) is 12.1 Å². The number of nitrogens with zero attached hydrogens (tertiary/aromatic N) is 2. The highest BCUT2D eigenvalue weighted by atomic mass is 35.5. The lowest BCUT2D eigenvalue weighted by atomic mass is 9.95. The summed E-state index contributed by atoms with van der Waals surface area (Å²) in [5.41, 5.74) is 1.06. The highest BCUT2D eigenvalue weighted by Crippen LogP contribution is 2.34. The van der Waals surface area contributed by atoms with E-state index in [9.17, 15) is 0 Å². The molecule has 1 aliphatic heterocycles. The van der Waals surface area contributed by atoms with Crippen LogP contribution in [0.15, 0.2) is 6.20 Å².